The van der Waals surface area contributed by atoms with Gasteiger partial charge in [0.15, 0.2) is 0 Å². The molecule has 3 aromatic carbocycles. The number of hydrogen-bond acceptors (Lipinski definition) is 5. The van der Waals surface area contributed by atoms with Gasteiger partial charge in [-0.15, -0.1) is 11.8 Å². The van der Waals surface area contributed by atoms with E-state index in [1.54, 1.807) is 36.0 Å². The number of hydrogen-bond donors (Lipinski definition) is 1. The Morgan fingerprint density at radius 2 is 1.60 bits per heavy atom. The Balaban J connectivity index is 1.70. The Morgan fingerprint density at radius 1 is 0.971 bits per heavy atom. The molecule has 0 atom stereocenters. The number of anilines is 1. The number of nitrogens with zero attached hydrogens (tertiary/aromatic N) is 1. The van der Waals surface area contributed by atoms with E-state index in [0.717, 1.165) is 21.4 Å². The summed E-state index contributed by atoms with van der Waals surface area (Å²) in [6.07, 6.45) is 0.721. The number of benzene rings is 3. The van der Waals surface area contributed by atoms with Gasteiger partial charge in [0.05, 0.1) is 17.2 Å². The molecule has 10 heteroatoms. The molecule has 0 saturated carbocycles. The van der Waals surface area contributed by atoms with Crippen molar-refractivity contribution < 1.29 is 17.9 Å². The lowest BCUT2D eigenvalue weighted by molar-refractivity contribution is -0.119. The van der Waals surface area contributed by atoms with Crippen LogP contribution in [0, 0.1) is 0 Å². The normalized spacial score (nSPS) is 11.2. The predicted molar refractivity (Wildman–Crippen MR) is 143 cm³/mol. The number of nitrogens with one attached hydrogen (secondary N) is 1. The second-order valence-corrected chi connectivity index (χ2v) is 11.3. The second kappa shape index (κ2) is 13.1. The summed E-state index contributed by atoms with van der Waals surface area (Å²) in [6, 6.07) is 20.1. The van der Waals surface area contributed by atoms with Crippen molar-refractivity contribution in [1.82, 2.24) is 5.32 Å². The number of carbonyl (C=O) groups excluding carboxylic acids is 1. The summed E-state index contributed by atoms with van der Waals surface area (Å²) in [7, 11) is -4.06. The molecule has 0 aromatic heterocycles. The van der Waals surface area contributed by atoms with Gasteiger partial charge in [0.25, 0.3) is 10.0 Å². The first-order valence-corrected chi connectivity index (χ1v) is 14.1. The summed E-state index contributed by atoms with van der Waals surface area (Å²) in [6.45, 7) is 2.19. The molecule has 0 aliphatic rings. The maximum atomic E-state index is 13.5. The monoisotopic (exact) mass is 552 g/mol. The van der Waals surface area contributed by atoms with Gasteiger partial charge in [0.1, 0.15) is 12.3 Å². The first-order valence-electron chi connectivity index (χ1n) is 11.0. The summed E-state index contributed by atoms with van der Waals surface area (Å²) in [5, 5.41) is 3.92. The van der Waals surface area contributed by atoms with E-state index < -0.39 is 15.9 Å². The van der Waals surface area contributed by atoms with Gasteiger partial charge in [-0.2, -0.15) is 0 Å². The van der Waals surface area contributed by atoms with E-state index in [4.69, 9.17) is 27.9 Å². The fraction of sp³-hybridized carbons (Fsp3) is 0.240. The maximum absolute atomic E-state index is 13.5. The molecular formula is C25H26Cl2N2O4S2. The maximum Gasteiger partial charge on any atom is 0.264 e. The van der Waals surface area contributed by atoms with Crippen LogP contribution >= 0.6 is 35.0 Å². The van der Waals surface area contributed by atoms with Crippen LogP contribution in [0.5, 0.6) is 5.75 Å². The fourth-order valence-electron chi connectivity index (χ4n) is 3.18. The van der Waals surface area contributed by atoms with Crippen LogP contribution in [0.4, 0.5) is 5.69 Å². The van der Waals surface area contributed by atoms with Crippen LogP contribution in [0.1, 0.15) is 13.3 Å². The zero-order valence-corrected chi connectivity index (χ0v) is 22.3. The van der Waals surface area contributed by atoms with Crippen molar-refractivity contribution in [3.63, 3.8) is 0 Å². The zero-order chi connectivity index (χ0) is 25.3. The predicted octanol–water partition coefficient (Wildman–Crippen LogP) is 5.89. The number of sulfonamides is 1. The smallest absolute Gasteiger partial charge is 0.264 e. The number of rotatable bonds is 12. The van der Waals surface area contributed by atoms with Crippen molar-refractivity contribution in [1.29, 1.82) is 0 Å². The molecule has 0 fully saturated rings. The molecule has 0 aliphatic carbocycles. The van der Waals surface area contributed by atoms with E-state index in [1.165, 1.54) is 24.3 Å². The molecule has 0 bridgehead atoms. The summed E-state index contributed by atoms with van der Waals surface area (Å²) in [5.74, 6) is 0.757. The second-order valence-electron chi connectivity index (χ2n) is 7.37. The molecule has 0 aliphatic heterocycles. The molecule has 1 N–H and O–H groups in total. The Labute approximate surface area is 220 Å². The molecule has 186 valence electrons. The summed E-state index contributed by atoms with van der Waals surface area (Å²) < 4.78 is 33.8. The summed E-state index contributed by atoms with van der Waals surface area (Å²) in [5.41, 5.74) is 0.290. The van der Waals surface area contributed by atoms with E-state index in [2.05, 4.69) is 5.32 Å². The van der Waals surface area contributed by atoms with Crippen molar-refractivity contribution in [3.05, 3.63) is 82.8 Å². The van der Waals surface area contributed by atoms with E-state index in [0.29, 0.717) is 28.9 Å². The molecule has 0 saturated heterocycles. The molecule has 0 radical (unpaired) electrons. The number of ether oxygens (including phenoxy) is 1. The molecule has 3 rings (SSSR count). The van der Waals surface area contributed by atoms with Gasteiger partial charge in [0.2, 0.25) is 5.91 Å². The number of carbonyl (C=O) groups is 1. The quantitative estimate of drug-likeness (QED) is 0.224. The molecule has 35 heavy (non-hydrogen) atoms. The Hall–Kier alpha value is -2.39. The molecule has 0 unspecified atom stereocenters. The topological polar surface area (TPSA) is 75.7 Å². The van der Waals surface area contributed by atoms with E-state index in [9.17, 15) is 13.2 Å². The molecule has 0 spiro atoms. The highest BCUT2D eigenvalue weighted by Gasteiger charge is 2.29. The van der Waals surface area contributed by atoms with Crippen LogP contribution in [-0.2, 0) is 14.8 Å². The van der Waals surface area contributed by atoms with Crippen molar-refractivity contribution >= 4 is 56.6 Å². The summed E-state index contributed by atoms with van der Waals surface area (Å²) >= 11 is 13.5. The van der Waals surface area contributed by atoms with Gasteiger partial charge >= 0.3 is 0 Å². The first-order chi connectivity index (χ1) is 16.8. The lowest BCUT2D eigenvalue weighted by atomic mass is 10.3. The van der Waals surface area contributed by atoms with Crippen molar-refractivity contribution in [2.45, 2.75) is 23.1 Å². The zero-order valence-electron chi connectivity index (χ0n) is 19.1. The van der Waals surface area contributed by atoms with Gasteiger partial charge in [-0.25, -0.2) is 8.42 Å². The van der Waals surface area contributed by atoms with Gasteiger partial charge in [-0.3, -0.25) is 9.10 Å². The Kier molecular flexibility index (Phi) is 10.2. The third kappa shape index (κ3) is 7.80. The van der Waals surface area contributed by atoms with Gasteiger partial charge in [-0.05, 0) is 79.8 Å². The van der Waals surface area contributed by atoms with Crippen LogP contribution in [0.3, 0.4) is 0 Å². The third-order valence-electron chi connectivity index (χ3n) is 4.85. The first kappa shape index (κ1) is 27.2. The van der Waals surface area contributed by atoms with E-state index in [-0.39, 0.29) is 17.1 Å². The van der Waals surface area contributed by atoms with Gasteiger partial charge in [-0.1, -0.05) is 35.3 Å². The van der Waals surface area contributed by atoms with Crippen LogP contribution < -0.4 is 14.4 Å². The van der Waals surface area contributed by atoms with Crippen molar-refractivity contribution in [3.8, 4) is 5.75 Å². The lowest BCUT2D eigenvalue weighted by Gasteiger charge is -2.26. The van der Waals surface area contributed by atoms with E-state index in [1.807, 2.05) is 31.2 Å². The molecule has 6 nitrogen and oxygen atoms in total. The highest BCUT2D eigenvalue weighted by atomic mass is 35.5. The SMILES string of the molecule is CCOc1ccccc1N(CC(=O)NCCCSc1ccc(Cl)cc1)S(=O)(=O)c1ccc(Cl)cc1. The van der Waals surface area contributed by atoms with Crippen LogP contribution in [-0.4, -0.2) is 39.8 Å². The number of halogens is 2. The average Bonchev–Trinajstić information content (AvgIpc) is 2.84. The summed E-state index contributed by atoms with van der Waals surface area (Å²) in [4.78, 5) is 13.9. The fourth-order valence-corrected chi connectivity index (χ4v) is 5.72. The molecule has 0 heterocycles. The minimum atomic E-state index is -4.06. The molecule has 1 amide bonds. The lowest BCUT2D eigenvalue weighted by Crippen LogP contribution is -2.41. The van der Waals surface area contributed by atoms with Crippen LogP contribution in [0.15, 0.2) is 82.6 Å². The largest absolute Gasteiger partial charge is 0.492 e. The van der Waals surface area contributed by atoms with E-state index >= 15 is 0 Å². The number of amides is 1. The van der Waals surface area contributed by atoms with Gasteiger partial charge in [0, 0.05) is 21.5 Å². The third-order valence-corrected chi connectivity index (χ3v) is 8.22. The average molecular weight is 554 g/mol. The highest BCUT2D eigenvalue weighted by molar-refractivity contribution is 7.99. The standard InChI is InChI=1S/C25H26Cl2N2O4S2/c1-2-33-24-7-4-3-6-23(24)29(35(31,32)22-14-10-20(27)11-15-22)18-25(30)28-16-5-17-34-21-12-8-19(26)9-13-21/h3-4,6-15H,2,5,16-18H2,1H3,(H,28,30). The Morgan fingerprint density at radius 3 is 2.26 bits per heavy atom. The van der Waals surface area contributed by atoms with Crippen molar-refractivity contribution in [2.24, 2.45) is 0 Å². The minimum Gasteiger partial charge on any atom is -0.492 e. The molecule has 3 aromatic rings. The highest BCUT2D eigenvalue weighted by Crippen LogP contribution is 2.32. The van der Waals surface area contributed by atoms with Crippen LogP contribution in [0.2, 0.25) is 10.0 Å². The van der Waals surface area contributed by atoms with Crippen molar-refractivity contribution in [2.75, 3.05) is 29.8 Å². The number of para-hydroxylation sites is 2. The van der Waals surface area contributed by atoms with Gasteiger partial charge < -0.3 is 10.1 Å². The number of thioether (sulfide) groups is 1. The minimum absolute atomic E-state index is 0.0281. The van der Waals surface area contributed by atoms with Crippen LogP contribution in [0.25, 0.3) is 0 Å². The Bertz CT molecular complexity index is 1220. The molecular weight excluding hydrogens is 527 g/mol.